The molecule has 0 saturated heterocycles. The Bertz CT molecular complexity index is 2650. The fourth-order valence-corrected chi connectivity index (χ4v) is 8.81. The second kappa shape index (κ2) is 18.8. The minimum atomic E-state index is -1.24. The van der Waals surface area contributed by atoms with Crippen LogP contribution in [-0.2, 0) is 48.5 Å². The van der Waals surface area contributed by atoms with Gasteiger partial charge in [-0.2, -0.15) is 10.2 Å². The Morgan fingerprint density at radius 2 is 1.79 bits per heavy atom. The molecule has 1 unspecified atom stereocenters. The summed E-state index contributed by atoms with van der Waals surface area (Å²) in [6, 6.07) is 23.5. The van der Waals surface area contributed by atoms with Gasteiger partial charge in [0, 0.05) is 42.6 Å². The molecule has 4 heterocycles. The van der Waals surface area contributed by atoms with Crippen LogP contribution < -0.4 is 14.8 Å². The number of hydrogen-bond acceptors (Lipinski definition) is 8. The molecule has 0 saturated carbocycles. The van der Waals surface area contributed by atoms with Crippen LogP contribution in [0.1, 0.15) is 62.7 Å². The average Bonchev–Trinajstić information content (AvgIpc) is 3.47. The van der Waals surface area contributed by atoms with Crippen LogP contribution in [0.15, 0.2) is 97.3 Å². The molecule has 2 aliphatic heterocycles. The molecule has 2 aromatic heterocycles. The fraction of sp³-hybridized carbons (Fsp3) is 0.271. The van der Waals surface area contributed by atoms with Crippen molar-refractivity contribution < 1.29 is 28.6 Å². The minimum absolute atomic E-state index is 0.0110. The van der Waals surface area contributed by atoms with Crippen molar-refractivity contribution in [2.75, 3.05) is 6.61 Å². The van der Waals surface area contributed by atoms with Crippen molar-refractivity contribution in [3.05, 3.63) is 169 Å². The van der Waals surface area contributed by atoms with E-state index in [-0.39, 0.29) is 24.7 Å². The average molecular weight is 895 g/mol. The zero-order chi connectivity index (χ0) is 43.5. The Labute approximate surface area is 374 Å². The number of hydrogen-bond donors (Lipinski definition) is 2. The predicted octanol–water partition coefficient (Wildman–Crippen LogP) is 9.68. The van der Waals surface area contributed by atoms with Crippen LogP contribution >= 0.6 is 34.8 Å². The van der Waals surface area contributed by atoms with Gasteiger partial charge in [-0.3, -0.25) is 14.7 Å². The summed E-state index contributed by atoms with van der Waals surface area (Å²) in [6.45, 7) is 5.19. The molecule has 0 bridgehead atoms. The lowest BCUT2D eigenvalue weighted by atomic mass is 9.86. The third kappa shape index (κ3) is 9.71. The van der Waals surface area contributed by atoms with Crippen LogP contribution in [0.4, 0.5) is 4.39 Å². The van der Waals surface area contributed by atoms with Crippen molar-refractivity contribution >= 4 is 46.7 Å². The number of amides is 1. The number of aromatic nitrogens is 3. The monoisotopic (exact) mass is 893 g/mol. The second-order valence-corrected chi connectivity index (χ2v) is 17.0. The number of benzene rings is 4. The number of carbonyl (C=O) groups is 2. The molecule has 0 fully saturated rings. The van der Waals surface area contributed by atoms with Gasteiger partial charge in [0.1, 0.15) is 18.4 Å². The van der Waals surface area contributed by atoms with Gasteiger partial charge in [0.05, 0.1) is 28.4 Å². The molecular formula is C48H43Cl3FN5O5. The van der Waals surface area contributed by atoms with Gasteiger partial charge in [-0.1, -0.05) is 65.1 Å². The number of aryl methyl sites for hydroxylation is 1. The second-order valence-electron chi connectivity index (χ2n) is 15.8. The lowest BCUT2D eigenvalue weighted by molar-refractivity contribution is -0.142. The molecule has 4 aromatic carbocycles. The maximum atomic E-state index is 15.5. The molecule has 0 radical (unpaired) electrons. The maximum Gasteiger partial charge on any atom is 0.326 e. The highest BCUT2D eigenvalue weighted by atomic mass is 35.5. The first-order chi connectivity index (χ1) is 29.9. The third-order valence-electron chi connectivity index (χ3n) is 11.8. The Kier molecular flexibility index (Phi) is 13.1. The van der Waals surface area contributed by atoms with E-state index in [0.29, 0.717) is 71.0 Å². The van der Waals surface area contributed by atoms with Crippen molar-refractivity contribution in [1.29, 1.82) is 0 Å². The van der Waals surface area contributed by atoms with Gasteiger partial charge in [-0.25, -0.2) is 9.18 Å². The lowest BCUT2D eigenvalue weighted by Gasteiger charge is -2.36. The van der Waals surface area contributed by atoms with E-state index in [4.69, 9.17) is 44.3 Å². The first kappa shape index (κ1) is 43.1. The zero-order valence-electron chi connectivity index (χ0n) is 34.0. The third-order valence-corrected chi connectivity index (χ3v) is 12.9. The van der Waals surface area contributed by atoms with E-state index in [2.05, 4.69) is 26.6 Å². The number of halogens is 4. The minimum Gasteiger partial charge on any atom is -0.493 e. The van der Waals surface area contributed by atoms with E-state index in [9.17, 15) is 14.7 Å². The SMILES string of the molecule is Cc1nccc(-c2ccc(C[C@H](NC(=O)[C@@H]3Cc4cc5c(cc4CN3Cc3cccnn3)CC(c3ccc(OCc4ccc(Cl)c(Cl)c4)c(F)c3)CCO5)C(=O)O)c(Cl)c2)c1C. The van der Waals surface area contributed by atoms with Crippen LogP contribution in [0, 0.1) is 19.7 Å². The number of carbonyl (C=O) groups excluding carboxylic acids is 1. The maximum absolute atomic E-state index is 15.5. The smallest absolute Gasteiger partial charge is 0.326 e. The topological polar surface area (TPSA) is 127 Å². The van der Waals surface area contributed by atoms with Gasteiger partial charge in [0.2, 0.25) is 5.91 Å². The Morgan fingerprint density at radius 1 is 0.935 bits per heavy atom. The van der Waals surface area contributed by atoms with Crippen LogP contribution in [0.25, 0.3) is 11.1 Å². The quantitative estimate of drug-likeness (QED) is 0.124. The van der Waals surface area contributed by atoms with Crippen LogP contribution in [0.5, 0.6) is 11.5 Å². The Hall–Kier alpha value is -5.59. The number of carboxylic acids is 1. The number of ether oxygens (including phenoxy) is 2. The molecule has 318 valence electrons. The van der Waals surface area contributed by atoms with Gasteiger partial charge in [0.25, 0.3) is 0 Å². The van der Waals surface area contributed by atoms with Crippen molar-refractivity contribution in [2.24, 2.45) is 0 Å². The number of pyridine rings is 1. The van der Waals surface area contributed by atoms with Gasteiger partial charge >= 0.3 is 5.97 Å². The van der Waals surface area contributed by atoms with E-state index in [1.54, 1.807) is 42.7 Å². The largest absolute Gasteiger partial charge is 0.493 e. The molecule has 2 N–H and O–H groups in total. The molecule has 62 heavy (non-hydrogen) atoms. The van der Waals surface area contributed by atoms with Crippen LogP contribution in [0.3, 0.4) is 0 Å². The molecule has 2 aliphatic rings. The fourth-order valence-electron chi connectivity index (χ4n) is 8.23. The number of nitrogens with one attached hydrogen (secondary N) is 1. The summed E-state index contributed by atoms with van der Waals surface area (Å²) in [6.07, 6.45) is 4.91. The van der Waals surface area contributed by atoms with Gasteiger partial charge in [-0.05, 0) is 144 Å². The number of fused-ring (bicyclic) bond motifs is 2. The highest BCUT2D eigenvalue weighted by molar-refractivity contribution is 6.42. The number of nitrogens with zero attached hydrogens (tertiary/aromatic N) is 4. The van der Waals surface area contributed by atoms with Crippen molar-refractivity contribution in [3.8, 4) is 22.6 Å². The first-order valence-electron chi connectivity index (χ1n) is 20.3. The lowest BCUT2D eigenvalue weighted by Crippen LogP contribution is -2.54. The normalized spacial score (nSPS) is 16.6. The Balaban J connectivity index is 0.996. The van der Waals surface area contributed by atoms with E-state index in [1.165, 1.54) is 6.07 Å². The summed E-state index contributed by atoms with van der Waals surface area (Å²) >= 11 is 18.9. The standard InChI is InChI=1S/C48H43Cl3FN5O5/c1-27-28(2)53-14-11-38(27)32-6-7-33(40(50)19-32)21-43(48(59)60)55-47(58)44-22-34-23-46-35(18-36(34)24-57(44)25-37-4-3-13-54-56-37)17-31(12-15-61-46)30-8-10-45(42(52)20-30)62-26-29-5-9-39(49)41(51)16-29/h3-11,13-14,16,18-20,23,31,43-44H,12,15,17,21-22,24-26H2,1-2H3,(H,55,58)(H,59,60)/t31?,43-,44-/m0/s1. The molecule has 14 heteroatoms. The summed E-state index contributed by atoms with van der Waals surface area (Å²) in [7, 11) is 0. The van der Waals surface area contributed by atoms with E-state index in [0.717, 1.165) is 50.2 Å². The Morgan fingerprint density at radius 3 is 2.55 bits per heavy atom. The van der Waals surface area contributed by atoms with E-state index < -0.39 is 29.8 Å². The summed E-state index contributed by atoms with van der Waals surface area (Å²) < 4.78 is 27.5. The number of aliphatic carboxylic acids is 1. The van der Waals surface area contributed by atoms with Crippen molar-refractivity contribution in [1.82, 2.24) is 25.4 Å². The molecule has 8 rings (SSSR count). The predicted molar refractivity (Wildman–Crippen MR) is 236 cm³/mol. The number of rotatable bonds is 12. The summed E-state index contributed by atoms with van der Waals surface area (Å²) in [4.78, 5) is 33.3. The molecule has 0 spiro atoms. The van der Waals surface area contributed by atoms with Crippen LogP contribution in [0.2, 0.25) is 15.1 Å². The number of carboxylic acid groups (broad SMARTS) is 1. The van der Waals surface area contributed by atoms with Gasteiger partial charge in [0.15, 0.2) is 11.6 Å². The molecule has 6 aromatic rings. The highest BCUT2D eigenvalue weighted by Gasteiger charge is 2.36. The first-order valence-corrected chi connectivity index (χ1v) is 21.4. The summed E-state index contributed by atoms with van der Waals surface area (Å²) in [5.74, 6) is -1.22. The van der Waals surface area contributed by atoms with Crippen molar-refractivity contribution in [2.45, 2.75) is 77.2 Å². The van der Waals surface area contributed by atoms with Crippen LogP contribution in [-0.4, -0.2) is 55.8 Å². The molecule has 3 atom stereocenters. The van der Waals surface area contributed by atoms with Crippen molar-refractivity contribution in [3.63, 3.8) is 0 Å². The summed E-state index contributed by atoms with van der Waals surface area (Å²) in [5, 5.41) is 22.8. The van der Waals surface area contributed by atoms with E-state index in [1.807, 2.05) is 61.2 Å². The van der Waals surface area contributed by atoms with Gasteiger partial charge < -0.3 is 19.9 Å². The summed E-state index contributed by atoms with van der Waals surface area (Å²) in [5.41, 5.74) is 9.62. The molecular weight excluding hydrogens is 852 g/mol. The molecule has 0 aliphatic carbocycles. The zero-order valence-corrected chi connectivity index (χ0v) is 36.3. The highest BCUT2D eigenvalue weighted by Crippen LogP contribution is 2.38. The molecule has 1 amide bonds. The van der Waals surface area contributed by atoms with E-state index >= 15 is 4.39 Å². The van der Waals surface area contributed by atoms with Gasteiger partial charge in [-0.15, -0.1) is 0 Å². The molecule has 10 nitrogen and oxygen atoms in total.